The van der Waals surface area contributed by atoms with Gasteiger partial charge in [-0.05, 0) is 37.6 Å². The second-order valence-electron chi connectivity index (χ2n) is 5.62. The number of fused-ring (bicyclic) bond motifs is 1. The predicted molar refractivity (Wildman–Crippen MR) is 92.3 cm³/mol. The molecule has 0 amide bonds. The van der Waals surface area contributed by atoms with Gasteiger partial charge in [-0.15, -0.1) is 5.10 Å². The molecule has 5 heteroatoms. The summed E-state index contributed by atoms with van der Waals surface area (Å²) in [6.07, 6.45) is 0. The minimum absolute atomic E-state index is 0.625. The average Bonchev–Trinajstić information content (AvgIpc) is 3.21. The van der Waals surface area contributed by atoms with Crippen LogP contribution < -0.4 is 0 Å². The first kappa shape index (κ1) is 13.8. The highest BCUT2D eigenvalue weighted by molar-refractivity contribution is 6.18. The van der Waals surface area contributed by atoms with E-state index in [1.54, 1.807) is 0 Å². The summed E-state index contributed by atoms with van der Waals surface area (Å²) >= 11 is 0. The number of aliphatic imine (C=N–C) groups is 2. The standard InChI is InChI=1S/C18H17N5/c1-3-23-17-9-8-13(10-15(17)21-22-23)18-19-11-16(20-18)14-7-5-4-6-12(14)2/h4-10H,3,11H2,1-2H3. The van der Waals surface area contributed by atoms with Crippen LogP contribution in [0.2, 0.25) is 0 Å². The molecule has 0 saturated carbocycles. The molecule has 1 aliphatic rings. The number of benzene rings is 2. The number of aromatic nitrogens is 3. The second-order valence-corrected chi connectivity index (χ2v) is 5.62. The molecule has 0 aliphatic carbocycles. The topological polar surface area (TPSA) is 55.4 Å². The van der Waals surface area contributed by atoms with Gasteiger partial charge in [-0.25, -0.2) is 9.67 Å². The zero-order valence-electron chi connectivity index (χ0n) is 13.2. The van der Waals surface area contributed by atoms with Gasteiger partial charge in [0.05, 0.1) is 17.8 Å². The first-order valence-electron chi connectivity index (χ1n) is 7.78. The molecule has 0 N–H and O–H groups in total. The van der Waals surface area contributed by atoms with E-state index >= 15 is 0 Å². The van der Waals surface area contributed by atoms with Gasteiger partial charge in [0.2, 0.25) is 0 Å². The van der Waals surface area contributed by atoms with Crippen LogP contribution in [0, 0.1) is 6.92 Å². The maximum absolute atomic E-state index is 4.73. The average molecular weight is 303 g/mol. The Morgan fingerprint density at radius 3 is 2.83 bits per heavy atom. The van der Waals surface area contributed by atoms with E-state index in [0.29, 0.717) is 6.54 Å². The van der Waals surface area contributed by atoms with Crippen molar-refractivity contribution in [2.24, 2.45) is 9.98 Å². The molecule has 1 aliphatic heterocycles. The first-order valence-corrected chi connectivity index (χ1v) is 7.78. The minimum atomic E-state index is 0.625. The normalized spacial score (nSPS) is 14.2. The van der Waals surface area contributed by atoms with Crippen LogP contribution in [-0.4, -0.2) is 33.1 Å². The van der Waals surface area contributed by atoms with Crippen LogP contribution in [0.3, 0.4) is 0 Å². The van der Waals surface area contributed by atoms with E-state index in [1.807, 2.05) is 35.0 Å². The summed E-state index contributed by atoms with van der Waals surface area (Å²) in [5.41, 5.74) is 6.33. The Bertz CT molecular complexity index is 949. The summed E-state index contributed by atoms with van der Waals surface area (Å²) < 4.78 is 1.89. The Balaban J connectivity index is 1.70. The van der Waals surface area contributed by atoms with Gasteiger partial charge in [-0.1, -0.05) is 29.5 Å². The van der Waals surface area contributed by atoms with Gasteiger partial charge < -0.3 is 0 Å². The second kappa shape index (κ2) is 5.43. The van der Waals surface area contributed by atoms with Crippen LogP contribution in [0.1, 0.15) is 23.6 Å². The van der Waals surface area contributed by atoms with Crippen LogP contribution >= 0.6 is 0 Å². The number of hydrogen-bond donors (Lipinski definition) is 0. The summed E-state index contributed by atoms with van der Waals surface area (Å²) in [6.45, 7) is 5.60. The van der Waals surface area contributed by atoms with Gasteiger partial charge in [0.15, 0.2) is 5.84 Å². The van der Waals surface area contributed by atoms with Crippen LogP contribution in [0.5, 0.6) is 0 Å². The van der Waals surface area contributed by atoms with E-state index in [-0.39, 0.29) is 0 Å². The van der Waals surface area contributed by atoms with Crippen molar-refractivity contribution in [2.45, 2.75) is 20.4 Å². The molecular formula is C18H17N5. The van der Waals surface area contributed by atoms with E-state index in [4.69, 9.17) is 4.99 Å². The molecule has 0 spiro atoms. The van der Waals surface area contributed by atoms with Crippen molar-refractivity contribution in [3.05, 3.63) is 59.2 Å². The van der Waals surface area contributed by atoms with Gasteiger partial charge in [-0.3, -0.25) is 4.99 Å². The van der Waals surface area contributed by atoms with Crippen LogP contribution in [0.15, 0.2) is 52.4 Å². The fourth-order valence-electron chi connectivity index (χ4n) is 2.89. The Hall–Kier alpha value is -2.82. The summed E-state index contributed by atoms with van der Waals surface area (Å²) in [7, 11) is 0. The van der Waals surface area contributed by atoms with Crippen molar-refractivity contribution < 1.29 is 0 Å². The van der Waals surface area contributed by atoms with Gasteiger partial charge in [0.1, 0.15) is 5.52 Å². The van der Waals surface area contributed by atoms with Crippen LogP contribution in [0.25, 0.3) is 11.0 Å². The highest BCUT2D eigenvalue weighted by atomic mass is 15.4. The number of aryl methyl sites for hydroxylation is 2. The van der Waals surface area contributed by atoms with Gasteiger partial charge in [0, 0.05) is 17.7 Å². The van der Waals surface area contributed by atoms with Crippen molar-refractivity contribution in [2.75, 3.05) is 6.54 Å². The number of rotatable bonds is 3. The Morgan fingerprint density at radius 1 is 1.13 bits per heavy atom. The van der Waals surface area contributed by atoms with E-state index in [2.05, 4.69) is 41.3 Å². The first-order chi connectivity index (χ1) is 11.3. The minimum Gasteiger partial charge on any atom is -0.260 e. The predicted octanol–water partition coefficient (Wildman–Crippen LogP) is 3.01. The summed E-state index contributed by atoms with van der Waals surface area (Å²) in [4.78, 5) is 9.33. The quantitative estimate of drug-likeness (QED) is 0.747. The molecule has 23 heavy (non-hydrogen) atoms. The molecular weight excluding hydrogens is 286 g/mol. The van der Waals surface area contributed by atoms with Crippen molar-refractivity contribution in [3.8, 4) is 0 Å². The third-order valence-electron chi connectivity index (χ3n) is 4.15. The van der Waals surface area contributed by atoms with Crippen molar-refractivity contribution >= 4 is 22.6 Å². The zero-order valence-corrected chi connectivity index (χ0v) is 13.2. The lowest BCUT2D eigenvalue weighted by Gasteiger charge is -2.03. The summed E-state index contributed by atoms with van der Waals surface area (Å²) in [5, 5.41) is 8.37. The maximum atomic E-state index is 4.73. The van der Waals surface area contributed by atoms with E-state index in [0.717, 1.165) is 34.7 Å². The molecule has 0 radical (unpaired) electrons. The van der Waals surface area contributed by atoms with Crippen LogP contribution in [0.4, 0.5) is 0 Å². The molecule has 0 atom stereocenters. The molecule has 1 aromatic heterocycles. The molecule has 5 nitrogen and oxygen atoms in total. The van der Waals surface area contributed by atoms with E-state index in [9.17, 15) is 0 Å². The summed E-state index contributed by atoms with van der Waals surface area (Å²) in [5.74, 6) is 0.774. The number of nitrogens with zero attached hydrogens (tertiary/aromatic N) is 5. The third kappa shape index (κ3) is 2.34. The fourth-order valence-corrected chi connectivity index (χ4v) is 2.89. The van der Waals surface area contributed by atoms with Crippen molar-refractivity contribution in [3.63, 3.8) is 0 Å². The molecule has 114 valence electrons. The molecule has 0 unspecified atom stereocenters. The molecule has 0 fully saturated rings. The monoisotopic (exact) mass is 303 g/mol. The zero-order chi connectivity index (χ0) is 15.8. The Labute approximate surface area is 134 Å². The van der Waals surface area contributed by atoms with Gasteiger partial charge >= 0.3 is 0 Å². The Morgan fingerprint density at radius 2 is 2.00 bits per heavy atom. The highest BCUT2D eigenvalue weighted by Gasteiger charge is 2.16. The molecule has 0 saturated heterocycles. The maximum Gasteiger partial charge on any atom is 0.155 e. The Kier molecular flexibility index (Phi) is 3.26. The SMILES string of the molecule is CCn1nnc2cc(C3=NCC(c4ccccc4C)=N3)ccc21. The smallest absolute Gasteiger partial charge is 0.155 e. The molecule has 2 aromatic carbocycles. The molecule has 4 rings (SSSR count). The third-order valence-corrected chi connectivity index (χ3v) is 4.15. The number of amidine groups is 1. The van der Waals surface area contributed by atoms with E-state index in [1.165, 1.54) is 11.1 Å². The fraction of sp³-hybridized carbons (Fsp3) is 0.222. The van der Waals surface area contributed by atoms with Crippen molar-refractivity contribution in [1.29, 1.82) is 0 Å². The lowest BCUT2D eigenvalue weighted by molar-refractivity contribution is 0.646. The number of hydrogen-bond acceptors (Lipinski definition) is 4. The molecule has 3 aromatic rings. The van der Waals surface area contributed by atoms with Gasteiger partial charge in [-0.2, -0.15) is 0 Å². The highest BCUT2D eigenvalue weighted by Crippen LogP contribution is 2.18. The van der Waals surface area contributed by atoms with Crippen LogP contribution in [-0.2, 0) is 6.54 Å². The lowest BCUT2D eigenvalue weighted by Crippen LogP contribution is -2.04. The van der Waals surface area contributed by atoms with Gasteiger partial charge in [0.25, 0.3) is 0 Å². The van der Waals surface area contributed by atoms with E-state index < -0.39 is 0 Å². The lowest BCUT2D eigenvalue weighted by atomic mass is 10.0. The van der Waals surface area contributed by atoms with Crippen molar-refractivity contribution in [1.82, 2.24) is 15.0 Å². The molecule has 0 bridgehead atoms. The molecule has 2 heterocycles. The largest absolute Gasteiger partial charge is 0.260 e. The summed E-state index contributed by atoms with van der Waals surface area (Å²) in [6, 6.07) is 14.4.